The molecule has 218 valence electrons. The lowest BCUT2D eigenvalue weighted by Crippen LogP contribution is -2.29. The first kappa shape index (κ1) is 32.1. The number of carbonyl (C=O) groups is 2. The van der Waals surface area contributed by atoms with Crippen LogP contribution in [0, 0.1) is 18.3 Å². The summed E-state index contributed by atoms with van der Waals surface area (Å²) in [6, 6.07) is 11.9. The molecule has 2 aromatic rings. The number of amides is 1. The maximum atomic E-state index is 13.4. The zero-order valence-electron chi connectivity index (χ0n) is 23.8. The van der Waals surface area contributed by atoms with Gasteiger partial charge in [0.2, 0.25) is 0 Å². The summed E-state index contributed by atoms with van der Waals surface area (Å²) in [6.45, 7) is 5.00. The van der Waals surface area contributed by atoms with Crippen molar-refractivity contribution >= 4 is 52.1 Å². The maximum absolute atomic E-state index is 13.4. The smallest absolute Gasteiger partial charge is 0.303 e. The van der Waals surface area contributed by atoms with Crippen LogP contribution in [0.5, 0.6) is 0 Å². The Balaban J connectivity index is 1.68. The Morgan fingerprint density at radius 1 is 1.07 bits per heavy atom. The quantitative estimate of drug-likeness (QED) is 0.129. The number of rotatable bonds is 16. The van der Waals surface area contributed by atoms with Crippen LogP contribution in [-0.4, -0.2) is 37.3 Å². The number of hydrogen-bond acceptors (Lipinski definition) is 7. The predicted octanol–water partition coefficient (Wildman–Crippen LogP) is 6.46. The second kappa shape index (κ2) is 16.1. The van der Waals surface area contributed by atoms with Gasteiger partial charge < -0.3 is 10.4 Å². The topological polar surface area (TPSA) is 115 Å². The van der Waals surface area contributed by atoms with Crippen LogP contribution < -0.4 is 10.9 Å². The molecule has 2 heterocycles. The molecule has 0 unspecified atom stereocenters. The number of nitriles is 1. The fraction of sp³-hybridized carbons (Fsp3) is 0.452. The van der Waals surface area contributed by atoms with Gasteiger partial charge in [-0.1, -0.05) is 92.8 Å². The number of hydrogen-bond donors (Lipinski definition) is 2. The highest BCUT2D eigenvalue weighted by atomic mass is 32.2. The molecule has 0 aliphatic carbocycles. The van der Waals surface area contributed by atoms with Gasteiger partial charge in [0, 0.05) is 31.6 Å². The largest absolute Gasteiger partial charge is 0.481 e. The minimum atomic E-state index is -0.734. The molecule has 0 spiro atoms. The molecule has 1 aliphatic rings. The molecular formula is C31H38N4O4S2. The lowest BCUT2D eigenvalue weighted by Gasteiger charge is -2.19. The molecule has 10 heteroatoms. The SMILES string of the molecule is CCn1c(NCc2ccccc2)c(/C=C2/SC(=S)N(CCCCCCCCCCC(=O)O)C2=O)c(C)c(C#N)c1=O. The van der Waals surface area contributed by atoms with E-state index >= 15 is 0 Å². The van der Waals surface area contributed by atoms with Crippen molar-refractivity contribution in [2.45, 2.75) is 84.7 Å². The van der Waals surface area contributed by atoms with Crippen molar-refractivity contribution in [3.8, 4) is 6.07 Å². The number of carboxylic acid groups (broad SMARTS) is 1. The molecule has 1 amide bonds. The second-order valence-electron chi connectivity index (χ2n) is 10.1. The van der Waals surface area contributed by atoms with E-state index in [4.69, 9.17) is 17.3 Å². The number of unbranched alkanes of at least 4 members (excludes halogenated alkanes) is 7. The van der Waals surface area contributed by atoms with E-state index in [9.17, 15) is 19.6 Å². The fourth-order valence-corrected chi connectivity index (χ4v) is 6.16. The van der Waals surface area contributed by atoms with Crippen LogP contribution in [0.1, 0.15) is 87.0 Å². The molecule has 1 aliphatic heterocycles. The van der Waals surface area contributed by atoms with Crippen molar-refractivity contribution in [3.05, 3.63) is 67.8 Å². The van der Waals surface area contributed by atoms with E-state index in [1.54, 1.807) is 22.5 Å². The second-order valence-corrected chi connectivity index (χ2v) is 11.7. The summed E-state index contributed by atoms with van der Waals surface area (Å²) >= 11 is 6.80. The van der Waals surface area contributed by atoms with E-state index in [1.165, 1.54) is 11.8 Å². The number of benzene rings is 1. The monoisotopic (exact) mass is 594 g/mol. The third-order valence-electron chi connectivity index (χ3n) is 7.17. The van der Waals surface area contributed by atoms with Crippen molar-refractivity contribution in [1.29, 1.82) is 5.26 Å². The van der Waals surface area contributed by atoms with Gasteiger partial charge in [-0.05, 0) is 43.9 Å². The van der Waals surface area contributed by atoms with Gasteiger partial charge in [0.25, 0.3) is 11.5 Å². The number of pyridine rings is 1. The molecule has 8 nitrogen and oxygen atoms in total. The Kier molecular flexibility index (Phi) is 12.6. The van der Waals surface area contributed by atoms with Gasteiger partial charge in [0.1, 0.15) is 21.8 Å². The van der Waals surface area contributed by atoms with Crippen molar-refractivity contribution < 1.29 is 14.7 Å². The highest BCUT2D eigenvalue weighted by Crippen LogP contribution is 2.35. The summed E-state index contributed by atoms with van der Waals surface area (Å²) in [5.74, 6) is -0.312. The minimum Gasteiger partial charge on any atom is -0.481 e. The molecule has 1 fully saturated rings. The molecule has 1 aromatic heterocycles. The predicted molar refractivity (Wildman–Crippen MR) is 169 cm³/mol. The lowest BCUT2D eigenvalue weighted by molar-refractivity contribution is -0.137. The van der Waals surface area contributed by atoms with Gasteiger partial charge in [-0.25, -0.2) is 0 Å². The number of nitrogens with one attached hydrogen (secondary N) is 1. The van der Waals surface area contributed by atoms with Crippen LogP contribution in [0.3, 0.4) is 0 Å². The molecule has 1 aromatic carbocycles. The first-order valence-corrected chi connectivity index (χ1v) is 15.4. The first-order valence-electron chi connectivity index (χ1n) is 14.2. The highest BCUT2D eigenvalue weighted by Gasteiger charge is 2.32. The normalized spacial score (nSPS) is 14.1. The molecule has 41 heavy (non-hydrogen) atoms. The number of thioether (sulfide) groups is 1. The molecular weight excluding hydrogens is 556 g/mol. The summed E-state index contributed by atoms with van der Waals surface area (Å²) in [5.41, 5.74) is 1.93. The van der Waals surface area contributed by atoms with E-state index in [0.717, 1.165) is 56.9 Å². The average molecular weight is 595 g/mol. The molecule has 1 saturated heterocycles. The highest BCUT2D eigenvalue weighted by molar-refractivity contribution is 8.26. The summed E-state index contributed by atoms with van der Waals surface area (Å²) < 4.78 is 2.06. The lowest BCUT2D eigenvalue weighted by atomic mass is 10.0. The standard InChI is InChI=1S/C31H38N4O4S2/c1-3-34-28(33-21-23-15-11-10-12-16-23)24(22(2)25(20-32)29(34)38)19-26-30(39)35(31(40)41-26)18-14-9-7-5-4-6-8-13-17-27(36)37/h10-12,15-16,19,33H,3-9,13-14,17-18,21H2,1-2H3,(H,36,37)/b26-19+. The fourth-order valence-electron chi connectivity index (χ4n) is 4.87. The van der Waals surface area contributed by atoms with Gasteiger partial charge in [0.05, 0.1) is 4.91 Å². The van der Waals surface area contributed by atoms with E-state index < -0.39 is 5.97 Å². The van der Waals surface area contributed by atoms with Crippen LogP contribution >= 0.6 is 24.0 Å². The number of thiocarbonyl (C=S) groups is 1. The number of anilines is 1. The number of aliphatic carboxylic acids is 1. The van der Waals surface area contributed by atoms with E-state index in [1.807, 2.05) is 37.3 Å². The van der Waals surface area contributed by atoms with Gasteiger partial charge in [-0.3, -0.25) is 23.9 Å². The Bertz CT molecular complexity index is 1380. The zero-order chi connectivity index (χ0) is 29.8. The van der Waals surface area contributed by atoms with Gasteiger partial charge in [-0.2, -0.15) is 5.26 Å². The number of aromatic nitrogens is 1. The van der Waals surface area contributed by atoms with Crippen LogP contribution in [0.2, 0.25) is 0 Å². The maximum Gasteiger partial charge on any atom is 0.303 e. The van der Waals surface area contributed by atoms with Crippen LogP contribution in [0.25, 0.3) is 6.08 Å². The summed E-state index contributed by atoms with van der Waals surface area (Å²) in [6.07, 6.45) is 9.83. The van der Waals surface area contributed by atoms with Crippen LogP contribution in [-0.2, 0) is 22.7 Å². The average Bonchev–Trinajstić information content (AvgIpc) is 3.22. The van der Waals surface area contributed by atoms with Crippen LogP contribution in [0.4, 0.5) is 5.82 Å². The number of carboxylic acids is 1. The van der Waals surface area contributed by atoms with Crippen LogP contribution in [0.15, 0.2) is 40.0 Å². The Hall–Kier alpha value is -3.42. The Morgan fingerprint density at radius 2 is 1.71 bits per heavy atom. The minimum absolute atomic E-state index is 0.0701. The molecule has 0 bridgehead atoms. The van der Waals surface area contributed by atoms with Crippen molar-refractivity contribution in [3.63, 3.8) is 0 Å². The van der Waals surface area contributed by atoms with Crippen molar-refractivity contribution in [1.82, 2.24) is 9.47 Å². The Labute approximate surface area is 251 Å². The third-order valence-corrected chi connectivity index (χ3v) is 8.54. The van der Waals surface area contributed by atoms with E-state index in [-0.39, 0.29) is 23.5 Å². The third kappa shape index (κ3) is 8.78. The van der Waals surface area contributed by atoms with Gasteiger partial charge >= 0.3 is 5.97 Å². The van der Waals surface area contributed by atoms with E-state index in [0.29, 0.717) is 45.8 Å². The summed E-state index contributed by atoms with van der Waals surface area (Å²) in [5, 5.41) is 21.8. The Morgan fingerprint density at radius 3 is 2.32 bits per heavy atom. The van der Waals surface area contributed by atoms with Gasteiger partial charge in [0.15, 0.2) is 0 Å². The van der Waals surface area contributed by atoms with Crippen molar-refractivity contribution in [2.75, 3.05) is 11.9 Å². The molecule has 2 N–H and O–H groups in total. The van der Waals surface area contributed by atoms with Crippen molar-refractivity contribution in [2.24, 2.45) is 0 Å². The summed E-state index contributed by atoms with van der Waals surface area (Å²) in [4.78, 5) is 39.1. The van der Waals surface area contributed by atoms with E-state index in [2.05, 4.69) is 11.4 Å². The zero-order valence-corrected chi connectivity index (χ0v) is 25.4. The van der Waals surface area contributed by atoms with Gasteiger partial charge in [-0.15, -0.1) is 0 Å². The summed E-state index contributed by atoms with van der Waals surface area (Å²) in [7, 11) is 0. The molecule has 0 saturated carbocycles. The molecule has 0 atom stereocenters. The number of carbonyl (C=O) groups excluding carboxylic acids is 1. The first-order chi connectivity index (χ1) is 19.8. The number of nitrogens with zero attached hydrogens (tertiary/aromatic N) is 3. The molecule has 0 radical (unpaired) electrons. The molecule has 3 rings (SSSR count).